The highest BCUT2D eigenvalue weighted by molar-refractivity contribution is 14.0. The first kappa shape index (κ1) is 26.1. The monoisotopic (exact) mass is 518 g/mol. The third-order valence-electron chi connectivity index (χ3n) is 5.24. The number of nitrogens with zero attached hydrogens (tertiary/aromatic N) is 3. The van der Waals surface area contributed by atoms with E-state index in [0.717, 1.165) is 51.7 Å². The average Bonchev–Trinajstić information content (AvgIpc) is 3.17. The van der Waals surface area contributed by atoms with Gasteiger partial charge in [-0.25, -0.2) is 0 Å². The van der Waals surface area contributed by atoms with Crippen molar-refractivity contribution in [2.75, 3.05) is 60.2 Å². The number of hydrogen-bond donors (Lipinski definition) is 1. The molecule has 1 fully saturated rings. The number of nitrogens with one attached hydrogen (secondary N) is 1. The zero-order valence-electron chi connectivity index (χ0n) is 18.5. The molecule has 2 unspecified atom stereocenters. The number of ether oxygens (including phenoxy) is 2. The van der Waals surface area contributed by atoms with Gasteiger partial charge in [0.1, 0.15) is 0 Å². The minimum Gasteiger partial charge on any atom is -0.382 e. The summed E-state index contributed by atoms with van der Waals surface area (Å²) in [5.74, 6) is 1.60. The molecule has 1 aromatic rings. The van der Waals surface area contributed by atoms with Crippen molar-refractivity contribution in [3.8, 4) is 0 Å². The third-order valence-corrected chi connectivity index (χ3v) is 5.24. The van der Waals surface area contributed by atoms with Gasteiger partial charge in [-0.1, -0.05) is 30.3 Å². The van der Waals surface area contributed by atoms with Crippen LogP contribution in [-0.2, 0) is 16.0 Å². The molecule has 166 valence electrons. The molecule has 1 aliphatic heterocycles. The van der Waals surface area contributed by atoms with E-state index in [2.05, 4.69) is 66.3 Å². The first-order chi connectivity index (χ1) is 13.6. The summed E-state index contributed by atoms with van der Waals surface area (Å²) in [5, 5.41) is 3.46. The molecule has 7 heteroatoms. The van der Waals surface area contributed by atoms with Gasteiger partial charge >= 0.3 is 0 Å². The van der Waals surface area contributed by atoms with E-state index in [4.69, 9.17) is 14.5 Å². The van der Waals surface area contributed by atoms with Crippen LogP contribution in [0.25, 0.3) is 0 Å². The molecule has 0 spiro atoms. The Morgan fingerprint density at radius 3 is 2.76 bits per heavy atom. The van der Waals surface area contributed by atoms with Crippen molar-refractivity contribution in [3.05, 3.63) is 35.9 Å². The van der Waals surface area contributed by atoms with Gasteiger partial charge < -0.3 is 19.7 Å². The topological polar surface area (TPSA) is 49.3 Å². The Morgan fingerprint density at radius 1 is 1.31 bits per heavy atom. The van der Waals surface area contributed by atoms with Crippen molar-refractivity contribution in [2.45, 2.75) is 32.9 Å². The van der Waals surface area contributed by atoms with Gasteiger partial charge in [-0.05, 0) is 32.9 Å². The van der Waals surface area contributed by atoms with E-state index in [1.165, 1.54) is 5.56 Å². The van der Waals surface area contributed by atoms with E-state index in [-0.39, 0.29) is 24.0 Å². The van der Waals surface area contributed by atoms with Crippen LogP contribution >= 0.6 is 24.0 Å². The molecule has 6 nitrogen and oxygen atoms in total. The molecule has 1 aromatic carbocycles. The zero-order chi connectivity index (χ0) is 20.2. The molecule has 0 amide bonds. The van der Waals surface area contributed by atoms with E-state index in [1.54, 1.807) is 7.11 Å². The van der Waals surface area contributed by atoms with E-state index >= 15 is 0 Å². The lowest BCUT2D eigenvalue weighted by Gasteiger charge is -2.26. The fourth-order valence-electron chi connectivity index (χ4n) is 3.36. The van der Waals surface area contributed by atoms with Crippen LogP contribution in [0, 0.1) is 5.92 Å². The Hall–Kier alpha value is -0.900. The highest BCUT2D eigenvalue weighted by Gasteiger charge is 2.25. The number of guanidine groups is 1. The van der Waals surface area contributed by atoms with E-state index in [9.17, 15) is 0 Å². The minimum atomic E-state index is 0. The second kappa shape index (κ2) is 15.0. The van der Waals surface area contributed by atoms with Crippen LogP contribution in [0.2, 0.25) is 0 Å². The van der Waals surface area contributed by atoms with Crippen LogP contribution in [0.15, 0.2) is 35.3 Å². The average molecular weight is 518 g/mol. The number of likely N-dealkylation sites (tertiary alicyclic amines) is 1. The Morgan fingerprint density at radius 2 is 2.07 bits per heavy atom. The highest BCUT2D eigenvalue weighted by Crippen LogP contribution is 2.17. The zero-order valence-corrected chi connectivity index (χ0v) is 20.8. The number of benzene rings is 1. The van der Waals surface area contributed by atoms with Crippen molar-refractivity contribution in [1.82, 2.24) is 15.1 Å². The molecule has 1 aliphatic rings. The second-order valence-corrected chi connectivity index (χ2v) is 7.61. The SMILES string of the molecule is CCNC(=NCC(C)N(C)Cc1ccccc1)N1CCC(COCCOC)C1.I. The molecule has 0 aliphatic carbocycles. The number of hydrogen-bond acceptors (Lipinski definition) is 4. The van der Waals surface area contributed by atoms with Gasteiger partial charge in [0, 0.05) is 45.2 Å². The highest BCUT2D eigenvalue weighted by atomic mass is 127. The molecule has 1 N–H and O–H groups in total. The molecule has 0 saturated carbocycles. The van der Waals surface area contributed by atoms with Gasteiger partial charge in [0.15, 0.2) is 5.96 Å². The quantitative estimate of drug-likeness (QED) is 0.211. The Kier molecular flexibility index (Phi) is 13.5. The van der Waals surface area contributed by atoms with E-state index in [0.29, 0.717) is 25.2 Å². The number of methoxy groups -OCH3 is 1. The molecule has 2 rings (SSSR count). The molecule has 2 atom stereocenters. The van der Waals surface area contributed by atoms with Crippen LogP contribution in [0.5, 0.6) is 0 Å². The number of likely N-dealkylation sites (N-methyl/N-ethyl adjacent to an activating group) is 1. The van der Waals surface area contributed by atoms with Gasteiger partial charge in [0.05, 0.1) is 26.4 Å². The van der Waals surface area contributed by atoms with Gasteiger partial charge in [-0.2, -0.15) is 0 Å². The molecule has 1 saturated heterocycles. The van der Waals surface area contributed by atoms with Crippen molar-refractivity contribution < 1.29 is 9.47 Å². The molecule has 0 radical (unpaired) electrons. The molecule has 0 bridgehead atoms. The summed E-state index contributed by atoms with van der Waals surface area (Å²) in [5.41, 5.74) is 1.34. The van der Waals surface area contributed by atoms with Crippen molar-refractivity contribution in [2.24, 2.45) is 10.9 Å². The van der Waals surface area contributed by atoms with Crippen LogP contribution in [0.4, 0.5) is 0 Å². The van der Waals surface area contributed by atoms with Gasteiger partial charge in [-0.15, -0.1) is 24.0 Å². The summed E-state index contributed by atoms with van der Waals surface area (Å²) in [6.45, 7) is 11.2. The summed E-state index contributed by atoms with van der Waals surface area (Å²) in [6.07, 6.45) is 1.15. The van der Waals surface area contributed by atoms with Gasteiger partial charge in [0.25, 0.3) is 0 Å². The fourth-order valence-corrected chi connectivity index (χ4v) is 3.36. The first-order valence-corrected chi connectivity index (χ1v) is 10.5. The summed E-state index contributed by atoms with van der Waals surface area (Å²) in [4.78, 5) is 9.66. The largest absolute Gasteiger partial charge is 0.382 e. The van der Waals surface area contributed by atoms with Crippen molar-refractivity contribution in [3.63, 3.8) is 0 Å². The third kappa shape index (κ3) is 9.63. The van der Waals surface area contributed by atoms with Crippen molar-refractivity contribution >= 4 is 29.9 Å². The van der Waals surface area contributed by atoms with E-state index < -0.39 is 0 Å². The minimum absolute atomic E-state index is 0. The van der Waals surface area contributed by atoms with Crippen LogP contribution < -0.4 is 5.32 Å². The molecule has 1 heterocycles. The Bertz CT molecular complexity index is 573. The predicted molar refractivity (Wildman–Crippen MR) is 131 cm³/mol. The van der Waals surface area contributed by atoms with Gasteiger partial charge in [0.2, 0.25) is 0 Å². The number of halogens is 1. The van der Waals surface area contributed by atoms with E-state index in [1.807, 2.05) is 0 Å². The van der Waals surface area contributed by atoms with Crippen LogP contribution in [0.1, 0.15) is 25.8 Å². The summed E-state index contributed by atoms with van der Waals surface area (Å²) >= 11 is 0. The smallest absolute Gasteiger partial charge is 0.193 e. The summed E-state index contributed by atoms with van der Waals surface area (Å²) in [6, 6.07) is 11.0. The summed E-state index contributed by atoms with van der Waals surface area (Å²) < 4.78 is 10.8. The molecular formula is C22H39IN4O2. The lowest BCUT2D eigenvalue weighted by molar-refractivity contribution is 0.0536. The second-order valence-electron chi connectivity index (χ2n) is 7.61. The first-order valence-electron chi connectivity index (χ1n) is 10.5. The Balaban J connectivity index is 0.00000420. The lowest BCUT2D eigenvalue weighted by atomic mass is 10.1. The lowest BCUT2D eigenvalue weighted by Crippen LogP contribution is -2.41. The molecule has 0 aromatic heterocycles. The molecular weight excluding hydrogens is 479 g/mol. The van der Waals surface area contributed by atoms with Gasteiger partial charge in [-0.3, -0.25) is 9.89 Å². The predicted octanol–water partition coefficient (Wildman–Crippen LogP) is 3.08. The number of rotatable bonds is 11. The maximum Gasteiger partial charge on any atom is 0.193 e. The maximum absolute atomic E-state index is 5.71. The summed E-state index contributed by atoms with van der Waals surface area (Å²) in [7, 11) is 3.88. The number of aliphatic imine (C=N–C) groups is 1. The molecule has 29 heavy (non-hydrogen) atoms. The fraction of sp³-hybridized carbons (Fsp3) is 0.682. The maximum atomic E-state index is 5.71. The normalized spacial score (nSPS) is 18.0. The van der Waals surface area contributed by atoms with Crippen LogP contribution in [0.3, 0.4) is 0 Å². The standard InChI is InChI=1S/C22H38N4O2.HI/c1-5-23-22(26-12-11-21(17-26)18-28-14-13-27-4)24-15-19(2)25(3)16-20-9-7-6-8-10-20;/h6-10,19,21H,5,11-18H2,1-4H3,(H,23,24);1H. The van der Waals surface area contributed by atoms with Crippen molar-refractivity contribution in [1.29, 1.82) is 0 Å². The Labute approximate surface area is 194 Å². The van der Waals surface area contributed by atoms with Crippen LogP contribution in [-0.4, -0.2) is 82.0 Å².